The molecule has 3 aromatic carbocycles. The number of rotatable bonds is 6. The van der Waals surface area contributed by atoms with Crippen molar-refractivity contribution < 1.29 is 13.2 Å². The molecule has 4 aromatic rings. The first-order valence-electron chi connectivity index (χ1n) is 9.63. The molecule has 0 fully saturated rings. The Hall–Kier alpha value is -3.38. The van der Waals surface area contributed by atoms with Crippen LogP contribution in [-0.4, -0.2) is 32.1 Å². The first-order valence-corrected chi connectivity index (χ1v) is 11.5. The zero-order valence-corrected chi connectivity index (χ0v) is 17.3. The van der Waals surface area contributed by atoms with Gasteiger partial charge in [-0.3, -0.25) is 4.79 Å². The molecule has 1 aromatic heterocycles. The number of carbonyl (C=O) groups is 1. The molecule has 0 aliphatic carbocycles. The van der Waals surface area contributed by atoms with Crippen LogP contribution in [0, 0.1) is 0 Å². The van der Waals surface area contributed by atoms with Crippen molar-refractivity contribution in [3.8, 4) is 0 Å². The molecule has 0 aliphatic rings. The zero-order chi connectivity index (χ0) is 21.1. The predicted octanol–water partition coefficient (Wildman–Crippen LogP) is 4.13. The molecule has 2 N–H and O–H groups in total. The number of H-pyrrole nitrogens is 1. The molecule has 1 heterocycles. The maximum absolute atomic E-state index is 12.8. The Balaban J connectivity index is 1.63. The summed E-state index contributed by atoms with van der Waals surface area (Å²) in [6, 6.07) is 24.2. The number of hydrogen-bond acceptors (Lipinski definition) is 3. The summed E-state index contributed by atoms with van der Waals surface area (Å²) < 4.78 is 23.6. The van der Waals surface area contributed by atoms with Crippen molar-refractivity contribution in [2.75, 3.05) is 12.8 Å². The van der Waals surface area contributed by atoms with Crippen LogP contribution in [0.5, 0.6) is 0 Å². The molecule has 1 amide bonds. The second kappa shape index (κ2) is 8.16. The third-order valence-electron chi connectivity index (χ3n) is 5.19. The van der Waals surface area contributed by atoms with Gasteiger partial charge < -0.3 is 10.3 Å². The Morgan fingerprint density at radius 2 is 1.70 bits per heavy atom. The highest BCUT2D eigenvalue weighted by atomic mass is 32.2. The molecule has 0 aliphatic heterocycles. The minimum Gasteiger partial charge on any atom is -0.361 e. The van der Waals surface area contributed by atoms with Gasteiger partial charge >= 0.3 is 0 Å². The number of para-hydroxylation sites is 1. The molecule has 6 heteroatoms. The van der Waals surface area contributed by atoms with E-state index in [1.807, 2.05) is 54.7 Å². The van der Waals surface area contributed by atoms with Crippen molar-refractivity contribution in [1.82, 2.24) is 10.3 Å². The summed E-state index contributed by atoms with van der Waals surface area (Å²) in [5, 5.41) is 4.09. The lowest BCUT2D eigenvalue weighted by Crippen LogP contribution is -2.29. The Bertz CT molecular complexity index is 1290. The summed E-state index contributed by atoms with van der Waals surface area (Å²) in [7, 11) is -3.38. The fraction of sp³-hybridized carbons (Fsp3) is 0.125. The minimum absolute atomic E-state index is 0.0515. The topological polar surface area (TPSA) is 79.0 Å². The molecule has 0 saturated carbocycles. The number of aromatic amines is 1. The van der Waals surface area contributed by atoms with Gasteiger partial charge in [-0.2, -0.15) is 0 Å². The van der Waals surface area contributed by atoms with E-state index in [1.54, 1.807) is 12.1 Å². The van der Waals surface area contributed by atoms with Crippen LogP contribution in [0.25, 0.3) is 10.9 Å². The molecule has 4 rings (SSSR count). The second-order valence-corrected chi connectivity index (χ2v) is 9.28. The van der Waals surface area contributed by atoms with Crippen molar-refractivity contribution in [3.05, 3.63) is 102 Å². The van der Waals surface area contributed by atoms with Crippen LogP contribution in [0.4, 0.5) is 0 Å². The number of fused-ring (bicyclic) bond motifs is 1. The molecule has 30 heavy (non-hydrogen) atoms. The maximum Gasteiger partial charge on any atom is 0.251 e. The summed E-state index contributed by atoms with van der Waals surface area (Å²) in [6.07, 6.45) is 3.12. The quantitative estimate of drug-likeness (QED) is 0.494. The highest BCUT2D eigenvalue weighted by Crippen LogP contribution is 2.30. The van der Waals surface area contributed by atoms with E-state index in [9.17, 15) is 13.2 Å². The third kappa shape index (κ3) is 4.14. The second-order valence-electron chi connectivity index (χ2n) is 7.26. The monoisotopic (exact) mass is 418 g/mol. The normalized spacial score (nSPS) is 12.6. The number of nitrogens with one attached hydrogen (secondary N) is 2. The Morgan fingerprint density at radius 3 is 2.47 bits per heavy atom. The van der Waals surface area contributed by atoms with Gasteiger partial charge in [0.2, 0.25) is 0 Å². The van der Waals surface area contributed by atoms with E-state index in [0.29, 0.717) is 12.1 Å². The van der Waals surface area contributed by atoms with E-state index in [-0.39, 0.29) is 16.7 Å². The van der Waals surface area contributed by atoms with Crippen molar-refractivity contribution in [2.24, 2.45) is 0 Å². The molecule has 152 valence electrons. The van der Waals surface area contributed by atoms with Gasteiger partial charge in [-0.25, -0.2) is 8.42 Å². The Morgan fingerprint density at radius 1 is 0.967 bits per heavy atom. The highest BCUT2D eigenvalue weighted by Gasteiger charge is 2.20. The van der Waals surface area contributed by atoms with Crippen LogP contribution in [0.1, 0.15) is 27.4 Å². The largest absolute Gasteiger partial charge is 0.361 e. The molecular formula is C24H22N2O3S. The number of aromatic nitrogens is 1. The van der Waals surface area contributed by atoms with Crippen LogP contribution in [0.15, 0.2) is 90.0 Å². The van der Waals surface area contributed by atoms with E-state index < -0.39 is 9.84 Å². The number of amides is 1. The van der Waals surface area contributed by atoms with Gasteiger partial charge in [0.15, 0.2) is 9.84 Å². The van der Waals surface area contributed by atoms with Crippen LogP contribution >= 0.6 is 0 Å². The Labute approximate surface area is 175 Å². The van der Waals surface area contributed by atoms with E-state index in [4.69, 9.17) is 0 Å². The molecular weight excluding hydrogens is 396 g/mol. The van der Waals surface area contributed by atoms with Gasteiger partial charge in [-0.15, -0.1) is 0 Å². The molecule has 0 saturated heterocycles. The first-order chi connectivity index (χ1) is 14.4. The molecule has 0 unspecified atom stereocenters. The van der Waals surface area contributed by atoms with E-state index in [1.165, 1.54) is 12.1 Å². The predicted molar refractivity (Wildman–Crippen MR) is 118 cm³/mol. The van der Waals surface area contributed by atoms with Crippen molar-refractivity contribution >= 4 is 26.6 Å². The van der Waals surface area contributed by atoms with E-state index in [2.05, 4.69) is 16.4 Å². The lowest BCUT2D eigenvalue weighted by molar-refractivity contribution is 0.0952. The summed E-state index contributed by atoms with van der Waals surface area (Å²) in [5.74, 6) is -0.356. The number of hydrogen-bond donors (Lipinski definition) is 2. The number of sulfone groups is 1. The van der Waals surface area contributed by atoms with Gasteiger partial charge in [0, 0.05) is 41.4 Å². The molecule has 0 radical (unpaired) electrons. The van der Waals surface area contributed by atoms with Gasteiger partial charge in [0.25, 0.3) is 5.91 Å². The summed E-state index contributed by atoms with van der Waals surface area (Å²) in [4.78, 5) is 16.2. The lowest BCUT2D eigenvalue weighted by Gasteiger charge is -2.18. The van der Waals surface area contributed by atoms with Crippen LogP contribution in [-0.2, 0) is 9.84 Å². The fourth-order valence-corrected chi connectivity index (χ4v) is 4.31. The zero-order valence-electron chi connectivity index (χ0n) is 16.5. The average Bonchev–Trinajstić information content (AvgIpc) is 3.18. The smallest absolute Gasteiger partial charge is 0.251 e. The average molecular weight is 419 g/mol. The van der Waals surface area contributed by atoms with Gasteiger partial charge in [-0.05, 0) is 35.4 Å². The summed E-state index contributed by atoms with van der Waals surface area (Å²) in [5.41, 5.74) is 3.55. The molecule has 0 bridgehead atoms. The third-order valence-corrected chi connectivity index (χ3v) is 6.30. The van der Waals surface area contributed by atoms with Crippen LogP contribution in [0.2, 0.25) is 0 Å². The van der Waals surface area contributed by atoms with Gasteiger partial charge in [0.1, 0.15) is 0 Å². The SMILES string of the molecule is CS(=O)(=O)c1cccc(C(=O)NC[C@H](c2ccccc2)c2c[nH]c3ccccc23)c1. The minimum atomic E-state index is -3.38. The van der Waals surface area contributed by atoms with Crippen LogP contribution in [0.3, 0.4) is 0 Å². The number of benzene rings is 3. The molecule has 1 atom stereocenters. The Kier molecular flexibility index (Phi) is 5.42. The van der Waals surface area contributed by atoms with Crippen LogP contribution < -0.4 is 5.32 Å². The van der Waals surface area contributed by atoms with E-state index in [0.717, 1.165) is 28.3 Å². The summed E-state index contributed by atoms with van der Waals surface area (Å²) >= 11 is 0. The fourth-order valence-electron chi connectivity index (χ4n) is 3.64. The standard InChI is InChI=1S/C24H22N2O3S/c1-30(28,29)19-11-7-10-18(14-19)24(27)26-15-21(17-8-3-2-4-9-17)22-16-25-23-13-6-5-12-20(22)23/h2-14,16,21,25H,15H2,1H3,(H,26,27)/t21-/m1/s1. The van der Waals surface area contributed by atoms with Crippen molar-refractivity contribution in [2.45, 2.75) is 10.8 Å². The van der Waals surface area contributed by atoms with E-state index >= 15 is 0 Å². The molecule has 5 nitrogen and oxygen atoms in total. The van der Waals surface area contributed by atoms with Crippen molar-refractivity contribution in [1.29, 1.82) is 0 Å². The first kappa shape index (κ1) is 19.9. The highest BCUT2D eigenvalue weighted by molar-refractivity contribution is 7.90. The molecule has 0 spiro atoms. The van der Waals surface area contributed by atoms with Crippen molar-refractivity contribution in [3.63, 3.8) is 0 Å². The van der Waals surface area contributed by atoms with Gasteiger partial charge in [0.05, 0.1) is 4.90 Å². The maximum atomic E-state index is 12.8. The lowest BCUT2D eigenvalue weighted by atomic mass is 9.91. The van der Waals surface area contributed by atoms with Gasteiger partial charge in [-0.1, -0.05) is 54.6 Å². The number of carbonyl (C=O) groups excluding carboxylic acids is 1. The summed E-state index contributed by atoms with van der Waals surface area (Å²) in [6.45, 7) is 0.383.